The van der Waals surface area contributed by atoms with Gasteiger partial charge in [-0.25, -0.2) is 14.4 Å². The van der Waals surface area contributed by atoms with Gasteiger partial charge in [-0.2, -0.15) is 8.42 Å². The molecule has 0 aliphatic carbocycles. The van der Waals surface area contributed by atoms with E-state index in [0.717, 1.165) is 6.26 Å². The second kappa shape index (κ2) is 12.8. The zero-order chi connectivity index (χ0) is 28.7. The van der Waals surface area contributed by atoms with Gasteiger partial charge in [-0.05, 0) is 36.4 Å². The van der Waals surface area contributed by atoms with Crippen molar-refractivity contribution in [3.05, 3.63) is 108 Å². The number of rotatable bonds is 10. The van der Waals surface area contributed by atoms with Crippen LogP contribution in [0.25, 0.3) is 0 Å². The summed E-state index contributed by atoms with van der Waals surface area (Å²) in [4.78, 5) is 38.5. The van der Waals surface area contributed by atoms with Gasteiger partial charge in [0, 0.05) is 0 Å². The highest BCUT2D eigenvalue weighted by atomic mass is 32.2. The summed E-state index contributed by atoms with van der Waals surface area (Å²) in [6.07, 6.45) is -7.42. The van der Waals surface area contributed by atoms with Gasteiger partial charge < -0.3 is 24.1 Å². The van der Waals surface area contributed by atoms with Crippen LogP contribution >= 0.6 is 0 Å². The van der Waals surface area contributed by atoms with E-state index in [0.29, 0.717) is 0 Å². The Hall–Kier alpha value is -4.10. The van der Waals surface area contributed by atoms with Gasteiger partial charge in [0.25, 0.3) is 10.1 Å². The summed E-state index contributed by atoms with van der Waals surface area (Å²) < 4.78 is 51.0. The minimum absolute atomic E-state index is 0.120. The van der Waals surface area contributed by atoms with Crippen LogP contribution < -0.4 is 0 Å². The Balaban J connectivity index is 1.64. The summed E-state index contributed by atoms with van der Waals surface area (Å²) in [5.41, 5.74) is 0.490. The molecule has 1 aliphatic rings. The second-order valence-corrected chi connectivity index (χ2v) is 10.4. The number of ether oxygens (including phenoxy) is 4. The van der Waals surface area contributed by atoms with Crippen LogP contribution in [0.2, 0.25) is 0 Å². The van der Waals surface area contributed by atoms with Crippen LogP contribution in [0.3, 0.4) is 0 Å². The van der Waals surface area contributed by atoms with Crippen LogP contribution in [-0.2, 0) is 33.2 Å². The molecule has 1 aliphatic heterocycles. The molecule has 12 heteroatoms. The average molecular weight is 571 g/mol. The van der Waals surface area contributed by atoms with Gasteiger partial charge in [0.05, 0.1) is 22.9 Å². The molecule has 5 atom stereocenters. The Labute approximate surface area is 230 Å². The van der Waals surface area contributed by atoms with Crippen molar-refractivity contribution in [2.75, 3.05) is 12.9 Å². The lowest BCUT2D eigenvalue weighted by Crippen LogP contribution is -2.47. The van der Waals surface area contributed by atoms with Crippen molar-refractivity contribution in [1.29, 1.82) is 0 Å². The predicted molar refractivity (Wildman–Crippen MR) is 139 cm³/mol. The third-order valence-electron chi connectivity index (χ3n) is 5.79. The van der Waals surface area contributed by atoms with Crippen molar-refractivity contribution >= 4 is 28.0 Å². The number of esters is 3. The van der Waals surface area contributed by atoms with Crippen molar-refractivity contribution in [2.45, 2.75) is 30.7 Å². The molecule has 11 nitrogen and oxygen atoms in total. The number of aliphatic hydroxyl groups is 1. The maximum Gasteiger partial charge on any atom is 0.338 e. The molecule has 1 saturated heterocycles. The van der Waals surface area contributed by atoms with E-state index >= 15 is 0 Å². The molecule has 0 bridgehead atoms. The largest absolute Gasteiger partial charge is 0.458 e. The van der Waals surface area contributed by atoms with Crippen LogP contribution in [0.1, 0.15) is 31.1 Å². The van der Waals surface area contributed by atoms with E-state index in [1.54, 1.807) is 54.6 Å². The summed E-state index contributed by atoms with van der Waals surface area (Å²) in [7, 11) is -4.18. The summed E-state index contributed by atoms with van der Waals surface area (Å²) >= 11 is 0. The van der Waals surface area contributed by atoms with Gasteiger partial charge in [-0.3, -0.25) is 4.18 Å². The molecule has 0 saturated carbocycles. The second-order valence-electron chi connectivity index (χ2n) is 8.77. The van der Waals surface area contributed by atoms with Crippen LogP contribution in [-0.4, -0.2) is 75.0 Å². The van der Waals surface area contributed by atoms with Crippen molar-refractivity contribution in [2.24, 2.45) is 0 Å². The first-order valence-electron chi connectivity index (χ1n) is 12.1. The van der Waals surface area contributed by atoms with E-state index in [-0.39, 0.29) is 16.7 Å². The van der Waals surface area contributed by atoms with Crippen LogP contribution in [0.5, 0.6) is 0 Å². The zero-order valence-electron chi connectivity index (χ0n) is 21.2. The molecule has 0 radical (unpaired) electrons. The number of carbonyl (C=O) groups is 3. The van der Waals surface area contributed by atoms with Crippen molar-refractivity contribution in [3.8, 4) is 0 Å². The quantitative estimate of drug-likeness (QED) is 0.217. The molecule has 0 aromatic heterocycles. The Kier molecular flexibility index (Phi) is 9.27. The van der Waals surface area contributed by atoms with E-state index < -0.39 is 65.3 Å². The maximum absolute atomic E-state index is 13.0. The Morgan fingerprint density at radius 1 is 0.775 bits per heavy atom. The molecule has 0 unspecified atom stereocenters. The number of hydrogen-bond acceptors (Lipinski definition) is 11. The fraction of sp³-hybridized carbons (Fsp3) is 0.250. The number of carbonyl (C=O) groups excluding carboxylic acids is 3. The summed E-state index contributed by atoms with van der Waals surface area (Å²) in [6, 6.07) is 23.7. The zero-order valence-corrected chi connectivity index (χ0v) is 22.0. The topological polar surface area (TPSA) is 152 Å². The van der Waals surface area contributed by atoms with Gasteiger partial charge in [-0.15, -0.1) is 0 Å². The van der Waals surface area contributed by atoms with E-state index in [2.05, 4.69) is 0 Å². The fourth-order valence-electron chi connectivity index (χ4n) is 3.96. The third kappa shape index (κ3) is 7.51. The molecular formula is C28H26O11S. The lowest BCUT2D eigenvalue weighted by Gasteiger charge is -2.28. The monoisotopic (exact) mass is 570 g/mol. The molecular weight excluding hydrogens is 544 g/mol. The molecule has 210 valence electrons. The molecule has 40 heavy (non-hydrogen) atoms. The molecule has 3 aromatic rings. The highest BCUT2D eigenvalue weighted by Crippen LogP contribution is 2.31. The number of aliphatic hydroxyl groups excluding tert-OH is 1. The fourth-order valence-corrected chi connectivity index (χ4v) is 4.57. The number of benzene rings is 3. The van der Waals surface area contributed by atoms with E-state index in [1.807, 2.05) is 0 Å². The minimum Gasteiger partial charge on any atom is -0.458 e. The summed E-state index contributed by atoms with van der Waals surface area (Å²) in [5.74, 6) is -2.47. The Morgan fingerprint density at radius 3 is 1.75 bits per heavy atom. The maximum atomic E-state index is 13.0. The van der Waals surface area contributed by atoms with Gasteiger partial charge in [-0.1, -0.05) is 54.6 Å². The van der Waals surface area contributed by atoms with Gasteiger partial charge in [0.1, 0.15) is 12.7 Å². The summed E-state index contributed by atoms with van der Waals surface area (Å²) in [5, 5.41) is 10.6. The minimum atomic E-state index is -4.18. The summed E-state index contributed by atoms with van der Waals surface area (Å²) in [6.45, 7) is -0.589. The van der Waals surface area contributed by atoms with Crippen LogP contribution in [0.15, 0.2) is 91.0 Å². The highest BCUT2D eigenvalue weighted by molar-refractivity contribution is 7.86. The normalized spacial score (nSPS) is 21.2. The first-order valence-corrected chi connectivity index (χ1v) is 13.9. The lowest BCUT2D eigenvalue weighted by molar-refractivity contribution is -0.149. The van der Waals surface area contributed by atoms with E-state index in [4.69, 9.17) is 23.1 Å². The van der Waals surface area contributed by atoms with Gasteiger partial charge in [0.2, 0.25) is 0 Å². The molecule has 3 aromatic carbocycles. The Morgan fingerprint density at radius 2 is 1.25 bits per heavy atom. The van der Waals surface area contributed by atoms with Crippen molar-refractivity contribution < 1.29 is 51.0 Å². The van der Waals surface area contributed by atoms with E-state index in [9.17, 15) is 27.9 Å². The van der Waals surface area contributed by atoms with Crippen molar-refractivity contribution in [3.63, 3.8) is 0 Å². The van der Waals surface area contributed by atoms with Gasteiger partial charge >= 0.3 is 17.9 Å². The number of hydrogen-bond donors (Lipinski definition) is 1. The van der Waals surface area contributed by atoms with Crippen LogP contribution in [0.4, 0.5) is 0 Å². The van der Waals surface area contributed by atoms with E-state index in [1.165, 1.54) is 36.4 Å². The van der Waals surface area contributed by atoms with Crippen LogP contribution in [0, 0.1) is 0 Å². The van der Waals surface area contributed by atoms with Gasteiger partial charge in [0.15, 0.2) is 24.6 Å². The predicted octanol–water partition coefficient (Wildman–Crippen LogP) is 2.36. The molecule has 1 N–H and O–H groups in total. The molecule has 1 heterocycles. The molecule has 4 rings (SSSR count). The molecule has 0 amide bonds. The molecule has 1 fully saturated rings. The average Bonchev–Trinajstić information content (AvgIpc) is 3.25. The first-order chi connectivity index (χ1) is 19.1. The van der Waals surface area contributed by atoms with Crippen molar-refractivity contribution in [1.82, 2.24) is 0 Å². The first kappa shape index (κ1) is 28.9. The Bertz CT molecular complexity index is 1410. The molecule has 0 spiro atoms. The lowest BCUT2D eigenvalue weighted by atomic mass is 10.1. The third-order valence-corrected chi connectivity index (χ3v) is 6.36. The standard InChI is InChI=1S/C28H26O11S/c1-40(33,34)39-24-23(38-27(31)20-15-9-4-10-16-20)22(37-28(24)32)21(36-26(30)19-13-7-3-8-14-19)17-35-25(29)18-11-5-2-6-12-18/h2-16,21-24,28,32H,17H2,1H3/t21-,22+,23-,24+,28-/m1/s1. The smallest absolute Gasteiger partial charge is 0.338 e. The SMILES string of the molecule is CS(=O)(=O)O[C@H]1[C@H](OC(=O)c2ccccc2)[C@H]([C@@H](COC(=O)c2ccccc2)OC(=O)c2ccccc2)O[C@H]1O. The highest BCUT2D eigenvalue weighted by Gasteiger charge is 2.53.